The van der Waals surface area contributed by atoms with E-state index in [4.69, 9.17) is 27.9 Å². The number of carbonyl (C=O) groups is 1. The number of para-hydroxylation sites is 1. The van der Waals surface area contributed by atoms with Crippen LogP contribution < -0.4 is 4.74 Å². The molecule has 5 heteroatoms. The largest absolute Gasteiger partial charge is 0.452 e. The van der Waals surface area contributed by atoms with Gasteiger partial charge in [0.2, 0.25) is 0 Å². The molecule has 0 fully saturated rings. The van der Waals surface area contributed by atoms with Crippen LogP contribution in [0.3, 0.4) is 0 Å². The molecule has 18 heavy (non-hydrogen) atoms. The van der Waals surface area contributed by atoms with Gasteiger partial charge in [-0.3, -0.25) is 4.79 Å². The van der Waals surface area contributed by atoms with E-state index in [1.165, 1.54) is 24.3 Å². The van der Waals surface area contributed by atoms with E-state index in [1.807, 2.05) is 0 Å². The van der Waals surface area contributed by atoms with Gasteiger partial charge in [0.1, 0.15) is 10.8 Å². The van der Waals surface area contributed by atoms with Crippen LogP contribution in [-0.4, -0.2) is 6.29 Å². The van der Waals surface area contributed by atoms with Gasteiger partial charge in [0.05, 0.1) is 10.6 Å². The molecule has 0 bridgehead atoms. The number of rotatable bonds is 3. The van der Waals surface area contributed by atoms with Gasteiger partial charge in [0, 0.05) is 0 Å². The van der Waals surface area contributed by atoms with Crippen LogP contribution in [0.15, 0.2) is 36.4 Å². The van der Waals surface area contributed by atoms with E-state index in [1.54, 1.807) is 12.1 Å². The van der Waals surface area contributed by atoms with Gasteiger partial charge in [-0.15, -0.1) is 0 Å². The molecule has 0 amide bonds. The lowest BCUT2D eigenvalue weighted by molar-refractivity contribution is 0.112. The Bertz CT molecular complexity index is 600. The summed E-state index contributed by atoms with van der Waals surface area (Å²) < 4.78 is 18.9. The molecular formula is C13H7Cl2FO2. The van der Waals surface area contributed by atoms with Gasteiger partial charge in [-0.25, -0.2) is 4.39 Å². The minimum absolute atomic E-state index is 0.103. The number of carbonyl (C=O) groups excluding carboxylic acids is 1. The zero-order valence-corrected chi connectivity index (χ0v) is 10.5. The van der Waals surface area contributed by atoms with E-state index in [0.29, 0.717) is 6.29 Å². The first-order valence-corrected chi connectivity index (χ1v) is 5.74. The summed E-state index contributed by atoms with van der Waals surface area (Å²) in [6.07, 6.45) is 0.511. The molecular weight excluding hydrogens is 278 g/mol. The molecule has 0 unspecified atom stereocenters. The fourth-order valence-electron chi connectivity index (χ4n) is 1.40. The first-order chi connectivity index (χ1) is 8.63. The summed E-state index contributed by atoms with van der Waals surface area (Å²) in [5.41, 5.74) is 0.103. The smallest absolute Gasteiger partial charge is 0.173 e. The molecule has 0 saturated carbocycles. The molecule has 2 aromatic carbocycles. The van der Waals surface area contributed by atoms with Crippen molar-refractivity contribution >= 4 is 29.5 Å². The van der Waals surface area contributed by atoms with Crippen LogP contribution in [0.4, 0.5) is 4.39 Å². The Kier molecular flexibility index (Phi) is 3.84. The molecule has 0 saturated heterocycles. The topological polar surface area (TPSA) is 26.3 Å². The van der Waals surface area contributed by atoms with Crippen LogP contribution in [0.25, 0.3) is 0 Å². The highest BCUT2D eigenvalue weighted by molar-refractivity contribution is 6.42. The normalized spacial score (nSPS) is 10.2. The highest BCUT2D eigenvalue weighted by atomic mass is 35.5. The van der Waals surface area contributed by atoms with Gasteiger partial charge in [0.25, 0.3) is 0 Å². The lowest BCUT2D eigenvalue weighted by Gasteiger charge is -2.10. The first-order valence-electron chi connectivity index (χ1n) is 4.99. The zero-order valence-electron chi connectivity index (χ0n) is 8.99. The molecule has 0 aromatic heterocycles. The summed E-state index contributed by atoms with van der Waals surface area (Å²) >= 11 is 11.7. The molecule has 92 valence electrons. The van der Waals surface area contributed by atoms with Gasteiger partial charge >= 0.3 is 0 Å². The van der Waals surface area contributed by atoms with Gasteiger partial charge in [-0.1, -0.05) is 35.3 Å². The van der Waals surface area contributed by atoms with Crippen LogP contribution in [0.1, 0.15) is 10.4 Å². The van der Waals surface area contributed by atoms with Crippen LogP contribution >= 0.6 is 23.2 Å². The third kappa shape index (κ3) is 2.47. The van der Waals surface area contributed by atoms with E-state index in [-0.39, 0.29) is 27.1 Å². The Morgan fingerprint density at radius 2 is 1.83 bits per heavy atom. The molecule has 0 aliphatic carbocycles. The van der Waals surface area contributed by atoms with Crippen molar-refractivity contribution in [3.8, 4) is 11.5 Å². The minimum Gasteiger partial charge on any atom is -0.452 e. The molecule has 0 N–H and O–H groups in total. The molecule has 2 nitrogen and oxygen atoms in total. The van der Waals surface area contributed by atoms with Crippen LogP contribution in [0.5, 0.6) is 11.5 Å². The number of ether oxygens (including phenoxy) is 1. The van der Waals surface area contributed by atoms with Gasteiger partial charge in [0.15, 0.2) is 17.9 Å². The van der Waals surface area contributed by atoms with E-state index < -0.39 is 5.82 Å². The second kappa shape index (κ2) is 5.38. The lowest BCUT2D eigenvalue weighted by atomic mass is 10.2. The molecule has 2 rings (SSSR count). The number of benzene rings is 2. The summed E-state index contributed by atoms with van der Waals surface area (Å²) in [6, 6.07) is 8.80. The van der Waals surface area contributed by atoms with E-state index in [9.17, 15) is 9.18 Å². The van der Waals surface area contributed by atoms with Crippen molar-refractivity contribution < 1.29 is 13.9 Å². The maximum absolute atomic E-state index is 13.6. The fraction of sp³-hybridized carbons (Fsp3) is 0. The van der Waals surface area contributed by atoms with Crippen molar-refractivity contribution in [1.29, 1.82) is 0 Å². The number of aldehydes is 1. The van der Waals surface area contributed by atoms with Crippen LogP contribution in [0, 0.1) is 5.82 Å². The SMILES string of the molecule is O=Cc1cccc(F)c1Oc1cccc(Cl)c1Cl. The highest BCUT2D eigenvalue weighted by Gasteiger charge is 2.13. The van der Waals surface area contributed by atoms with E-state index >= 15 is 0 Å². The third-order valence-electron chi connectivity index (χ3n) is 2.25. The Morgan fingerprint density at radius 3 is 2.56 bits per heavy atom. The molecule has 0 heterocycles. The standard InChI is InChI=1S/C13H7Cl2FO2/c14-9-4-2-6-11(12(9)15)18-13-8(7-17)3-1-5-10(13)16/h1-7H. The molecule has 0 atom stereocenters. The van der Waals surface area contributed by atoms with E-state index in [0.717, 1.165) is 0 Å². The lowest BCUT2D eigenvalue weighted by Crippen LogP contribution is -1.94. The average Bonchev–Trinajstić information content (AvgIpc) is 2.37. The number of hydrogen-bond donors (Lipinski definition) is 0. The summed E-state index contributed by atoms with van der Waals surface area (Å²) in [6.45, 7) is 0. The second-order valence-electron chi connectivity index (χ2n) is 3.43. The minimum atomic E-state index is -0.643. The van der Waals surface area contributed by atoms with Crippen LogP contribution in [0.2, 0.25) is 10.0 Å². The first kappa shape index (κ1) is 12.9. The Labute approximate surface area is 113 Å². The van der Waals surface area contributed by atoms with Crippen molar-refractivity contribution in [3.63, 3.8) is 0 Å². The summed E-state index contributed by atoms with van der Waals surface area (Å²) in [5, 5.41) is 0.456. The summed E-state index contributed by atoms with van der Waals surface area (Å²) in [5.74, 6) is -0.621. The maximum atomic E-state index is 13.6. The zero-order chi connectivity index (χ0) is 13.1. The summed E-state index contributed by atoms with van der Waals surface area (Å²) in [7, 11) is 0. The second-order valence-corrected chi connectivity index (χ2v) is 4.22. The van der Waals surface area contributed by atoms with Gasteiger partial charge in [-0.05, 0) is 24.3 Å². The average molecular weight is 285 g/mol. The van der Waals surface area contributed by atoms with Gasteiger partial charge < -0.3 is 4.74 Å². The molecule has 0 spiro atoms. The number of halogens is 3. The quantitative estimate of drug-likeness (QED) is 0.761. The Morgan fingerprint density at radius 1 is 1.11 bits per heavy atom. The highest BCUT2D eigenvalue weighted by Crippen LogP contribution is 2.36. The third-order valence-corrected chi connectivity index (χ3v) is 3.05. The molecule has 0 radical (unpaired) electrons. The Balaban J connectivity index is 2.46. The number of hydrogen-bond acceptors (Lipinski definition) is 2. The Hall–Kier alpha value is -1.58. The van der Waals surface area contributed by atoms with Crippen molar-refractivity contribution in [1.82, 2.24) is 0 Å². The van der Waals surface area contributed by atoms with Gasteiger partial charge in [-0.2, -0.15) is 0 Å². The monoisotopic (exact) mass is 284 g/mol. The maximum Gasteiger partial charge on any atom is 0.173 e. The summed E-state index contributed by atoms with van der Waals surface area (Å²) in [4.78, 5) is 10.8. The van der Waals surface area contributed by atoms with Crippen LogP contribution in [-0.2, 0) is 0 Å². The molecule has 0 aliphatic heterocycles. The predicted octanol–water partition coefficient (Wildman–Crippen LogP) is 4.74. The fourth-order valence-corrected chi connectivity index (χ4v) is 1.73. The molecule has 0 aliphatic rings. The van der Waals surface area contributed by atoms with Crippen molar-refractivity contribution in [2.75, 3.05) is 0 Å². The molecule has 2 aromatic rings. The van der Waals surface area contributed by atoms with Crippen molar-refractivity contribution in [2.24, 2.45) is 0 Å². The van der Waals surface area contributed by atoms with Crippen molar-refractivity contribution in [3.05, 3.63) is 57.8 Å². The predicted molar refractivity (Wildman–Crippen MR) is 68.3 cm³/mol. The van der Waals surface area contributed by atoms with Crippen molar-refractivity contribution in [2.45, 2.75) is 0 Å². The van der Waals surface area contributed by atoms with E-state index in [2.05, 4.69) is 0 Å².